The third-order valence-corrected chi connectivity index (χ3v) is 1.92. The number of ether oxygens (including phenoxy) is 2. The standard InChI is InChI=1S/C13H16O2/c1-3-4-10-13(15-11-14-2)12-8-6-5-7-9-12/h3-10,13H,1,11H2,2H3/b10-4+/t13-/m0/s1. The van der Waals surface area contributed by atoms with Gasteiger partial charge in [-0.25, -0.2) is 0 Å². The Morgan fingerprint density at radius 3 is 2.67 bits per heavy atom. The lowest BCUT2D eigenvalue weighted by molar-refractivity contribution is -0.0566. The molecule has 0 saturated heterocycles. The molecule has 0 spiro atoms. The summed E-state index contributed by atoms with van der Waals surface area (Å²) in [5.74, 6) is 0. The summed E-state index contributed by atoms with van der Waals surface area (Å²) in [6, 6.07) is 10.00. The zero-order chi connectivity index (χ0) is 10.9. The minimum absolute atomic E-state index is 0.0795. The number of hydrogen-bond acceptors (Lipinski definition) is 2. The fourth-order valence-corrected chi connectivity index (χ4v) is 1.23. The molecule has 0 unspecified atom stereocenters. The van der Waals surface area contributed by atoms with Gasteiger partial charge in [0, 0.05) is 7.11 Å². The summed E-state index contributed by atoms with van der Waals surface area (Å²) in [5.41, 5.74) is 1.10. The first-order valence-corrected chi connectivity index (χ1v) is 4.83. The second kappa shape index (κ2) is 6.98. The molecule has 2 heteroatoms. The van der Waals surface area contributed by atoms with Crippen molar-refractivity contribution < 1.29 is 9.47 Å². The number of methoxy groups -OCH3 is 1. The second-order valence-corrected chi connectivity index (χ2v) is 3.03. The molecule has 0 radical (unpaired) electrons. The Kier molecular flexibility index (Phi) is 5.44. The lowest BCUT2D eigenvalue weighted by Crippen LogP contribution is -2.04. The number of allylic oxidation sites excluding steroid dienone is 2. The van der Waals surface area contributed by atoms with Crippen LogP contribution in [0.3, 0.4) is 0 Å². The highest BCUT2D eigenvalue weighted by Gasteiger charge is 2.06. The number of hydrogen-bond donors (Lipinski definition) is 0. The van der Waals surface area contributed by atoms with E-state index in [9.17, 15) is 0 Å². The van der Waals surface area contributed by atoms with Gasteiger partial charge in [0.2, 0.25) is 0 Å². The van der Waals surface area contributed by atoms with Gasteiger partial charge in [-0.05, 0) is 5.56 Å². The van der Waals surface area contributed by atoms with Gasteiger partial charge in [-0.3, -0.25) is 0 Å². The molecule has 1 aromatic rings. The maximum absolute atomic E-state index is 5.52. The zero-order valence-electron chi connectivity index (χ0n) is 8.93. The Labute approximate surface area is 90.8 Å². The fourth-order valence-electron chi connectivity index (χ4n) is 1.23. The Morgan fingerprint density at radius 2 is 2.07 bits per heavy atom. The average molecular weight is 204 g/mol. The summed E-state index contributed by atoms with van der Waals surface area (Å²) in [5, 5.41) is 0. The van der Waals surface area contributed by atoms with Crippen LogP contribution in [0.25, 0.3) is 0 Å². The number of rotatable bonds is 6. The highest BCUT2D eigenvalue weighted by molar-refractivity contribution is 5.22. The topological polar surface area (TPSA) is 18.5 Å². The van der Waals surface area contributed by atoms with Crippen molar-refractivity contribution in [2.75, 3.05) is 13.9 Å². The molecule has 0 aliphatic heterocycles. The molecule has 0 amide bonds. The monoisotopic (exact) mass is 204 g/mol. The van der Waals surface area contributed by atoms with Gasteiger partial charge in [0.25, 0.3) is 0 Å². The quantitative estimate of drug-likeness (QED) is 0.523. The van der Waals surface area contributed by atoms with Crippen LogP contribution in [0, 0.1) is 0 Å². The molecule has 0 heterocycles. The van der Waals surface area contributed by atoms with Crippen molar-refractivity contribution in [2.45, 2.75) is 6.10 Å². The molecule has 0 N–H and O–H groups in total. The summed E-state index contributed by atoms with van der Waals surface area (Å²) in [7, 11) is 1.61. The zero-order valence-corrected chi connectivity index (χ0v) is 8.93. The Morgan fingerprint density at radius 1 is 1.33 bits per heavy atom. The third kappa shape index (κ3) is 4.11. The van der Waals surface area contributed by atoms with E-state index in [1.165, 1.54) is 0 Å². The van der Waals surface area contributed by atoms with Crippen LogP contribution in [-0.2, 0) is 9.47 Å². The normalized spacial score (nSPS) is 12.9. The van der Waals surface area contributed by atoms with Gasteiger partial charge in [0.1, 0.15) is 12.9 Å². The molecule has 80 valence electrons. The van der Waals surface area contributed by atoms with Crippen LogP contribution in [0.1, 0.15) is 11.7 Å². The molecule has 0 aliphatic carbocycles. The maximum Gasteiger partial charge on any atom is 0.147 e. The molecule has 0 bridgehead atoms. The first kappa shape index (κ1) is 11.7. The van der Waals surface area contributed by atoms with Crippen molar-refractivity contribution >= 4 is 0 Å². The van der Waals surface area contributed by atoms with Crippen molar-refractivity contribution in [1.29, 1.82) is 0 Å². The van der Waals surface area contributed by atoms with Crippen molar-refractivity contribution in [3.05, 3.63) is 60.7 Å². The van der Waals surface area contributed by atoms with Crippen LogP contribution < -0.4 is 0 Å². The van der Waals surface area contributed by atoms with Crippen LogP contribution in [0.2, 0.25) is 0 Å². The summed E-state index contributed by atoms with van der Waals surface area (Å²) in [6.45, 7) is 3.91. The Bertz CT molecular complexity index is 304. The molecule has 0 aliphatic rings. The van der Waals surface area contributed by atoms with Gasteiger partial charge in [0.05, 0.1) is 0 Å². The predicted molar refractivity (Wildman–Crippen MR) is 61.5 cm³/mol. The lowest BCUT2D eigenvalue weighted by atomic mass is 10.1. The van der Waals surface area contributed by atoms with E-state index in [0.717, 1.165) is 5.56 Å². The molecule has 0 aromatic heterocycles. The molecule has 0 fully saturated rings. The smallest absolute Gasteiger partial charge is 0.147 e. The van der Waals surface area contributed by atoms with Crippen molar-refractivity contribution in [3.8, 4) is 0 Å². The largest absolute Gasteiger partial charge is 0.359 e. The minimum Gasteiger partial charge on any atom is -0.359 e. The van der Waals surface area contributed by atoms with E-state index in [1.807, 2.05) is 42.5 Å². The highest BCUT2D eigenvalue weighted by atomic mass is 16.7. The maximum atomic E-state index is 5.52. The first-order chi connectivity index (χ1) is 7.38. The highest BCUT2D eigenvalue weighted by Crippen LogP contribution is 2.18. The van der Waals surface area contributed by atoms with Crippen LogP contribution in [-0.4, -0.2) is 13.9 Å². The lowest BCUT2D eigenvalue weighted by Gasteiger charge is -2.13. The van der Waals surface area contributed by atoms with Crippen molar-refractivity contribution in [3.63, 3.8) is 0 Å². The number of benzene rings is 1. The van der Waals surface area contributed by atoms with Gasteiger partial charge in [-0.1, -0.05) is 55.1 Å². The molecular formula is C13H16O2. The molecule has 0 saturated carbocycles. The summed E-state index contributed by atoms with van der Waals surface area (Å²) >= 11 is 0. The first-order valence-electron chi connectivity index (χ1n) is 4.83. The summed E-state index contributed by atoms with van der Waals surface area (Å²) < 4.78 is 10.4. The van der Waals surface area contributed by atoms with Crippen molar-refractivity contribution in [2.24, 2.45) is 0 Å². The summed E-state index contributed by atoms with van der Waals surface area (Å²) in [6.07, 6.45) is 5.46. The van der Waals surface area contributed by atoms with E-state index < -0.39 is 0 Å². The molecule has 2 nitrogen and oxygen atoms in total. The minimum atomic E-state index is -0.0795. The molecule has 1 atom stereocenters. The van der Waals surface area contributed by atoms with E-state index in [-0.39, 0.29) is 12.9 Å². The van der Waals surface area contributed by atoms with Crippen LogP contribution in [0.15, 0.2) is 55.1 Å². The average Bonchev–Trinajstić information content (AvgIpc) is 2.30. The SMILES string of the molecule is C=C/C=C/[C@H](OCOC)c1ccccc1. The predicted octanol–water partition coefficient (Wildman–Crippen LogP) is 3.09. The van der Waals surface area contributed by atoms with Gasteiger partial charge in [-0.2, -0.15) is 0 Å². The van der Waals surface area contributed by atoms with Crippen LogP contribution in [0.4, 0.5) is 0 Å². The van der Waals surface area contributed by atoms with E-state index in [0.29, 0.717) is 0 Å². The second-order valence-electron chi connectivity index (χ2n) is 3.03. The molecular weight excluding hydrogens is 188 g/mol. The van der Waals surface area contributed by atoms with Crippen molar-refractivity contribution in [1.82, 2.24) is 0 Å². The Balaban J connectivity index is 2.71. The Hall–Kier alpha value is -1.38. The van der Waals surface area contributed by atoms with Crippen LogP contribution in [0.5, 0.6) is 0 Å². The van der Waals surface area contributed by atoms with E-state index in [2.05, 4.69) is 6.58 Å². The van der Waals surface area contributed by atoms with E-state index >= 15 is 0 Å². The fraction of sp³-hybridized carbons (Fsp3) is 0.231. The van der Waals surface area contributed by atoms with Gasteiger partial charge >= 0.3 is 0 Å². The molecule has 15 heavy (non-hydrogen) atoms. The van der Waals surface area contributed by atoms with Gasteiger partial charge < -0.3 is 9.47 Å². The van der Waals surface area contributed by atoms with E-state index in [1.54, 1.807) is 13.2 Å². The van der Waals surface area contributed by atoms with Gasteiger partial charge in [0.15, 0.2) is 0 Å². The summed E-state index contributed by atoms with van der Waals surface area (Å²) in [4.78, 5) is 0. The molecule has 1 aromatic carbocycles. The van der Waals surface area contributed by atoms with Crippen LogP contribution >= 0.6 is 0 Å². The van der Waals surface area contributed by atoms with E-state index in [4.69, 9.17) is 9.47 Å². The third-order valence-electron chi connectivity index (χ3n) is 1.92. The molecule has 1 rings (SSSR count). The van der Waals surface area contributed by atoms with Gasteiger partial charge in [-0.15, -0.1) is 0 Å².